The van der Waals surface area contributed by atoms with Crippen molar-refractivity contribution in [1.29, 1.82) is 0 Å². The Kier molecular flexibility index (Phi) is 5.02. The number of amides is 1. The Morgan fingerprint density at radius 3 is 2.96 bits per heavy atom. The van der Waals surface area contributed by atoms with Crippen LogP contribution in [0.4, 0.5) is 0 Å². The van der Waals surface area contributed by atoms with Crippen molar-refractivity contribution in [1.82, 2.24) is 20.4 Å². The zero-order chi connectivity index (χ0) is 19.8. The quantitative estimate of drug-likeness (QED) is 0.764. The number of carbonyl (C=O) groups is 1. The minimum atomic E-state index is -0.412. The van der Waals surface area contributed by atoms with Gasteiger partial charge in [-0.15, -0.1) is 0 Å². The molecule has 150 valence electrons. The predicted octanol–water partition coefficient (Wildman–Crippen LogP) is 2.07. The van der Waals surface area contributed by atoms with Crippen LogP contribution in [0.25, 0.3) is 0 Å². The van der Waals surface area contributed by atoms with Gasteiger partial charge in [-0.1, -0.05) is 0 Å². The van der Waals surface area contributed by atoms with E-state index in [1.54, 1.807) is 17.9 Å². The van der Waals surface area contributed by atoms with Gasteiger partial charge in [0, 0.05) is 48.3 Å². The SMILES string of the molecule is CCOc1cc2c(cc1C1CC1NC(=O)C(NC)c1cnn(C)c1)OC(C)C2. The van der Waals surface area contributed by atoms with E-state index >= 15 is 0 Å². The third kappa shape index (κ3) is 3.58. The molecule has 4 rings (SSSR count). The molecule has 4 unspecified atom stereocenters. The second-order valence-electron chi connectivity index (χ2n) is 7.69. The molecule has 28 heavy (non-hydrogen) atoms. The van der Waals surface area contributed by atoms with Gasteiger partial charge in [0.05, 0.1) is 12.8 Å². The number of hydrogen-bond acceptors (Lipinski definition) is 5. The standard InChI is InChI=1S/C21H28N4O3/c1-5-27-19-7-13-6-12(2)28-18(13)9-16(19)15-8-17(15)24-21(26)20(22-3)14-10-23-25(4)11-14/h7,9-12,15,17,20,22H,5-6,8H2,1-4H3,(H,24,26). The first kappa shape index (κ1) is 18.8. The summed E-state index contributed by atoms with van der Waals surface area (Å²) in [6.07, 6.45) is 5.60. The fraction of sp³-hybridized carbons (Fsp3) is 0.524. The van der Waals surface area contributed by atoms with Gasteiger partial charge in [-0.3, -0.25) is 9.48 Å². The molecule has 1 amide bonds. The van der Waals surface area contributed by atoms with E-state index in [0.717, 1.165) is 35.5 Å². The average molecular weight is 384 g/mol. The molecule has 0 spiro atoms. The number of carbonyl (C=O) groups excluding carboxylic acids is 1. The van der Waals surface area contributed by atoms with Gasteiger partial charge in [-0.25, -0.2) is 0 Å². The molecule has 7 nitrogen and oxygen atoms in total. The molecule has 1 aliphatic carbocycles. The van der Waals surface area contributed by atoms with Gasteiger partial charge < -0.3 is 20.1 Å². The summed E-state index contributed by atoms with van der Waals surface area (Å²) in [6.45, 7) is 4.69. The molecule has 4 atom stereocenters. The monoisotopic (exact) mass is 384 g/mol. The molecule has 0 radical (unpaired) electrons. The van der Waals surface area contributed by atoms with Crippen LogP contribution in [0.1, 0.15) is 48.9 Å². The second kappa shape index (κ2) is 7.47. The van der Waals surface area contributed by atoms with Crippen molar-refractivity contribution in [3.8, 4) is 11.5 Å². The normalized spacial score (nSPS) is 23.6. The molecule has 0 saturated heterocycles. The van der Waals surface area contributed by atoms with E-state index in [9.17, 15) is 4.79 Å². The molecule has 1 aromatic heterocycles. The highest BCUT2D eigenvalue weighted by molar-refractivity contribution is 5.83. The number of aryl methyl sites for hydroxylation is 1. The molecular formula is C21H28N4O3. The van der Waals surface area contributed by atoms with E-state index in [-0.39, 0.29) is 24.0 Å². The van der Waals surface area contributed by atoms with Crippen molar-refractivity contribution in [2.24, 2.45) is 7.05 Å². The largest absolute Gasteiger partial charge is 0.494 e. The number of aromatic nitrogens is 2. The van der Waals surface area contributed by atoms with Gasteiger partial charge >= 0.3 is 0 Å². The maximum absolute atomic E-state index is 12.8. The van der Waals surface area contributed by atoms with Crippen LogP contribution in [-0.4, -0.2) is 41.5 Å². The summed E-state index contributed by atoms with van der Waals surface area (Å²) in [4.78, 5) is 12.8. The van der Waals surface area contributed by atoms with E-state index in [1.807, 2.05) is 20.2 Å². The van der Waals surface area contributed by atoms with Crippen LogP contribution in [0.5, 0.6) is 11.5 Å². The number of nitrogens with one attached hydrogen (secondary N) is 2. The zero-order valence-electron chi connectivity index (χ0n) is 16.9. The topological polar surface area (TPSA) is 77.4 Å². The summed E-state index contributed by atoms with van der Waals surface area (Å²) in [6, 6.07) is 3.92. The third-order valence-corrected chi connectivity index (χ3v) is 5.45. The van der Waals surface area contributed by atoms with Crippen LogP contribution in [-0.2, 0) is 18.3 Å². The highest BCUT2D eigenvalue weighted by Gasteiger charge is 2.43. The Morgan fingerprint density at radius 2 is 2.29 bits per heavy atom. The Balaban J connectivity index is 1.48. The van der Waals surface area contributed by atoms with E-state index in [2.05, 4.69) is 34.8 Å². The average Bonchev–Trinajstić information content (AvgIpc) is 3.10. The molecule has 1 fully saturated rings. The Morgan fingerprint density at radius 1 is 1.46 bits per heavy atom. The Labute approximate surface area is 165 Å². The predicted molar refractivity (Wildman–Crippen MR) is 106 cm³/mol. The summed E-state index contributed by atoms with van der Waals surface area (Å²) in [5.41, 5.74) is 3.18. The zero-order valence-corrected chi connectivity index (χ0v) is 16.9. The summed E-state index contributed by atoms with van der Waals surface area (Å²) in [7, 11) is 3.63. The molecular weight excluding hydrogens is 356 g/mol. The van der Waals surface area contributed by atoms with Crippen LogP contribution >= 0.6 is 0 Å². The van der Waals surface area contributed by atoms with Crippen molar-refractivity contribution in [2.45, 2.75) is 50.8 Å². The minimum Gasteiger partial charge on any atom is -0.494 e. The molecule has 0 bridgehead atoms. The fourth-order valence-corrected chi connectivity index (χ4v) is 4.03. The van der Waals surface area contributed by atoms with Gasteiger partial charge in [0.1, 0.15) is 23.6 Å². The maximum Gasteiger partial charge on any atom is 0.242 e. The molecule has 2 aromatic rings. The molecule has 1 aromatic carbocycles. The van der Waals surface area contributed by atoms with Gasteiger partial charge in [0.25, 0.3) is 0 Å². The lowest BCUT2D eigenvalue weighted by atomic mass is 10.0. The first-order chi connectivity index (χ1) is 13.5. The van der Waals surface area contributed by atoms with Crippen LogP contribution in [0.3, 0.4) is 0 Å². The van der Waals surface area contributed by atoms with Crippen LogP contribution in [0.15, 0.2) is 24.5 Å². The Hall–Kier alpha value is -2.54. The van der Waals surface area contributed by atoms with E-state index in [1.165, 1.54) is 5.56 Å². The smallest absolute Gasteiger partial charge is 0.242 e. The van der Waals surface area contributed by atoms with Gasteiger partial charge in [0.2, 0.25) is 5.91 Å². The van der Waals surface area contributed by atoms with Gasteiger partial charge in [-0.2, -0.15) is 5.10 Å². The lowest BCUT2D eigenvalue weighted by molar-refractivity contribution is -0.123. The highest BCUT2D eigenvalue weighted by Crippen LogP contribution is 2.48. The number of likely N-dealkylation sites (N-methyl/N-ethyl adjacent to an activating group) is 1. The Bertz CT molecular complexity index is 879. The molecule has 2 heterocycles. The number of rotatable bonds is 7. The van der Waals surface area contributed by atoms with Gasteiger partial charge in [0.15, 0.2) is 0 Å². The number of fused-ring (bicyclic) bond motifs is 1. The molecule has 2 aliphatic rings. The molecule has 1 aliphatic heterocycles. The fourth-order valence-electron chi connectivity index (χ4n) is 4.03. The molecule has 2 N–H and O–H groups in total. The van der Waals surface area contributed by atoms with Crippen molar-refractivity contribution in [3.63, 3.8) is 0 Å². The van der Waals surface area contributed by atoms with Crippen LogP contribution in [0, 0.1) is 0 Å². The lowest BCUT2D eigenvalue weighted by Crippen LogP contribution is -2.37. The van der Waals surface area contributed by atoms with Crippen LogP contribution < -0.4 is 20.1 Å². The number of nitrogens with zero attached hydrogens (tertiary/aromatic N) is 2. The number of benzene rings is 1. The van der Waals surface area contributed by atoms with Crippen molar-refractivity contribution in [3.05, 3.63) is 41.2 Å². The van der Waals surface area contributed by atoms with Crippen LogP contribution in [0.2, 0.25) is 0 Å². The molecule has 7 heteroatoms. The number of hydrogen-bond donors (Lipinski definition) is 2. The first-order valence-corrected chi connectivity index (χ1v) is 9.92. The first-order valence-electron chi connectivity index (χ1n) is 9.92. The minimum absolute atomic E-state index is 0.0352. The van der Waals surface area contributed by atoms with E-state index in [4.69, 9.17) is 9.47 Å². The highest BCUT2D eigenvalue weighted by atomic mass is 16.5. The molecule has 1 saturated carbocycles. The van der Waals surface area contributed by atoms with E-state index in [0.29, 0.717) is 6.61 Å². The number of ether oxygens (including phenoxy) is 2. The summed E-state index contributed by atoms with van der Waals surface area (Å²) in [5, 5.41) is 10.4. The van der Waals surface area contributed by atoms with Gasteiger partial charge in [-0.05, 0) is 39.4 Å². The maximum atomic E-state index is 12.8. The van der Waals surface area contributed by atoms with Crippen molar-refractivity contribution >= 4 is 5.91 Å². The third-order valence-electron chi connectivity index (χ3n) is 5.45. The van der Waals surface area contributed by atoms with E-state index < -0.39 is 6.04 Å². The van der Waals surface area contributed by atoms with Crippen molar-refractivity contribution < 1.29 is 14.3 Å². The summed E-state index contributed by atoms with van der Waals surface area (Å²) >= 11 is 0. The summed E-state index contributed by atoms with van der Waals surface area (Å²) in [5.74, 6) is 2.08. The second-order valence-corrected chi connectivity index (χ2v) is 7.69. The lowest BCUT2D eigenvalue weighted by Gasteiger charge is -2.16. The summed E-state index contributed by atoms with van der Waals surface area (Å²) < 4.78 is 13.5. The van der Waals surface area contributed by atoms with Crippen molar-refractivity contribution in [2.75, 3.05) is 13.7 Å².